The molecule has 0 bridgehead atoms. The fourth-order valence-electron chi connectivity index (χ4n) is 2.22. The standard InChI is InChI=1S/C19H27N3O2S/c1-3-20-18(22-15-19(2,23)17-11-7-14-25-17)21-12-8-13-24-16-9-5-4-6-10-16/h4-7,9-11,14,23H,3,8,12-13,15H2,1-2H3,(H2,20,21,22). The van der Waals surface area contributed by atoms with Crippen LogP contribution in [0.15, 0.2) is 52.8 Å². The maximum absolute atomic E-state index is 10.6. The Morgan fingerprint density at radius 2 is 2.00 bits per heavy atom. The van der Waals surface area contributed by atoms with Gasteiger partial charge in [-0.3, -0.25) is 0 Å². The zero-order valence-electron chi connectivity index (χ0n) is 14.9. The molecule has 136 valence electrons. The van der Waals surface area contributed by atoms with E-state index in [9.17, 15) is 5.11 Å². The molecule has 6 heteroatoms. The molecule has 0 amide bonds. The molecule has 2 rings (SSSR count). The molecule has 0 saturated carbocycles. The van der Waals surface area contributed by atoms with Crippen molar-refractivity contribution < 1.29 is 9.84 Å². The molecule has 1 aromatic carbocycles. The lowest BCUT2D eigenvalue weighted by molar-refractivity contribution is 0.0711. The molecular weight excluding hydrogens is 334 g/mol. The smallest absolute Gasteiger partial charge is 0.191 e. The van der Waals surface area contributed by atoms with Crippen LogP contribution in [0.5, 0.6) is 5.75 Å². The number of aliphatic hydroxyl groups is 1. The van der Waals surface area contributed by atoms with E-state index in [0.717, 1.165) is 30.1 Å². The van der Waals surface area contributed by atoms with E-state index in [2.05, 4.69) is 15.6 Å². The third kappa shape index (κ3) is 6.76. The first-order valence-corrected chi connectivity index (χ1v) is 9.46. The monoisotopic (exact) mass is 361 g/mol. The number of para-hydroxylation sites is 1. The van der Waals surface area contributed by atoms with Crippen LogP contribution in [0.2, 0.25) is 0 Å². The van der Waals surface area contributed by atoms with Crippen LogP contribution in [-0.2, 0) is 5.60 Å². The van der Waals surface area contributed by atoms with Crippen LogP contribution in [0, 0.1) is 0 Å². The first kappa shape index (κ1) is 19.3. The average Bonchev–Trinajstić information content (AvgIpc) is 3.16. The van der Waals surface area contributed by atoms with Gasteiger partial charge in [0.2, 0.25) is 0 Å². The van der Waals surface area contributed by atoms with Crippen LogP contribution < -0.4 is 15.4 Å². The van der Waals surface area contributed by atoms with Gasteiger partial charge in [-0.1, -0.05) is 24.3 Å². The van der Waals surface area contributed by atoms with E-state index in [4.69, 9.17) is 4.74 Å². The van der Waals surface area contributed by atoms with Crippen molar-refractivity contribution in [2.45, 2.75) is 25.9 Å². The maximum Gasteiger partial charge on any atom is 0.191 e. The van der Waals surface area contributed by atoms with E-state index in [-0.39, 0.29) is 0 Å². The Morgan fingerprint density at radius 1 is 1.20 bits per heavy atom. The van der Waals surface area contributed by atoms with Crippen molar-refractivity contribution in [2.75, 3.05) is 26.2 Å². The second-order valence-corrected chi connectivity index (χ2v) is 6.84. The fraction of sp³-hybridized carbons (Fsp3) is 0.421. The summed E-state index contributed by atoms with van der Waals surface area (Å²) in [5.74, 6) is 1.59. The summed E-state index contributed by atoms with van der Waals surface area (Å²) >= 11 is 1.54. The molecule has 0 aliphatic carbocycles. The number of nitrogens with one attached hydrogen (secondary N) is 2. The number of ether oxygens (including phenoxy) is 1. The molecule has 25 heavy (non-hydrogen) atoms. The molecule has 1 atom stereocenters. The summed E-state index contributed by atoms with van der Waals surface area (Å²) < 4.78 is 5.67. The van der Waals surface area contributed by atoms with Crippen LogP contribution in [0.1, 0.15) is 25.1 Å². The molecule has 1 unspecified atom stereocenters. The van der Waals surface area contributed by atoms with Gasteiger partial charge in [0, 0.05) is 18.0 Å². The minimum absolute atomic E-state index is 0.309. The molecule has 5 nitrogen and oxygen atoms in total. The Hall–Kier alpha value is -2.05. The maximum atomic E-state index is 10.6. The van der Waals surface area contributed by atoms with Crippen molar-refractivity contribution in [3.05, 3.63) is 52.7 Å². The number of nitrogens with zero attached hydrogens (tertiary/aromatic N) is 1. The Kier molecular flexibility index (Phi) is 7.76. The Labute approximate surface area is 153 Å². The molecule has 0 radical (unpaired) electrons. The van der Waals surface area contributed by atoms with E-state index in [1.165, 1.54) is 0 Å². The topological polar surface area (TPSA) is 65.9 Å². The number of rotatable bonds is 9. The average molecular weight is 362 g/mol. The summed E-state index contributed by atoms with van der Waals surface area (Å²) in [7, 11) is 0. The van der Waals surface area contributed by atoms with Gasteiger partial charge in [-0.05, 0) is 43.8 Å². The highest BCUT2D eigenvalue weighted by molar-refractivity contribution is 7.10. The van der Waals surface area contributed by atoms with Gasteiger partial charge in [-0.15, -0.1) is 11.3 Å². The molecule has 0 fully saturated rings. The molecule has 0 saturated heterocycles. The first-order chi connectivity index (χ1) is 12.1. The van der Waals surface area contributed by atoms with Crippen LogP contribution >= 0.6 is 11.3 Å². The SMILES string of the molecule is CCNC(=NCC(C)(O)c1cccs1)NCCCOc1ccccc1. The van der Waals surface area contributed by atoms with Gasteiger partial charge in [-0.25, -0.2) is 4.99 Å². The molecule has 2 aromatic rings. The van der Waals surface area contributed by atoms with Gasteiger partial charge < -0.3 is 20.5 Å². The number of thiophene rings is 1. The third-order valence-corrected chi connectivity index (χ3v) is 4.69. The lowest BCUT2D eigenvalue weighted by Crippen LogP contribution is -2.39. The molecule has 3 N–H and O–H groups in total. The Bertz CT molecular complexity index is 627. The second kappa shape index (κ2) is 10.1. The number of guanidine groups is 1. The lowest BCUT2D eigenvalue weighted by atomic mass is 10.1. The second-order valence-electron chi connectivity index (χ2n) is 5.89. The lowest BCUT2D eigenvalue weighted by Gasteiger charge is -2.20. The number of hydrogen-bond acceptors (Lipinski definition) is 4. The van der Waals surface area contributed by atoms with Crippen molar-refractivity contribution in [3.8, 4) is 5.75 Å². The van der Waals surface area contributed by atoms with Crippen LogP contribution in [0.25, 0.3) is 0 Å². The molecular formula is C19H27N3O2S. The summed E-state index contributed by atoms with van der Waals surface area (Å²) in [6.07, 6.45) is 0.862. The largest absolute Gasteiger partial charge is 0.494 e. The minimum Gasteiger partial charge on any atom is -0.494 e. The van der Waals surface area contributed by atoms with E-state index >= 15 is 0 Å². The molecule has 0 aliphatic rings. The number of aliphatic imine (C=N–C) groups is 1. The normalized spacial score (nSPS) is 14.0. The summed E-state index contributed by atoms with van der Waals surface area (Å²) in [5, 5.41) is 19.0. The van der Waals surface area contributed by atoms with Crippen molar-refractivity contribution in [2.24, 2.45) is 4.99 Å². The molecule has 0 spiro atoms. The molecule has 0 aliphatic heterocycles. The van der Waals surface area contributed by atoms with Gasteiger partial charge >= 0.3 is 0 Å². The van der Waals surface area contributed by atoms with E-state index in [1.807, 2.05) is 54.8 Å². The number of benzene rings is 1. The highest BCUT2D eigenvalue weighted by atomic mass is 32.1. The van der Waals surface area contributed by atoms with Crippen molar-refractivity contribution in [1.82, 2.24) is 10.6 Å². The van der Waals surface area contributed by atoms with Gasteiger partial charge in [0.1, 0.15) is 11.4 Å². The van der Waals surface area contributed by atoms with Gasteiger partial charge in [-0.2, -0.15) is 0 Å². The summed E-state index contributed by atoms with van der Waals surface area (Å²) in [5.41, 5.74) is -0.951. The van der Waals surface area contributed by atoms with Crippen LogP contribution in [-0.4, -0.2) is 37.3 Å². The van der Waals surface area contributed by atoms with E-state index < -0.39 is 5.60 Å². The molecule has 1 heterocycles. The van der Waals surface area contributed by atoms with Crippen LogP contribution in [0.3, 0.4) is 0 Å². The van der Waals surface area contributed by atoms with Crippen molar-refractivity contribution >= 4 is 17.3 Å². The van der Waals surface area contributed by atoms with Crippen molar-refractivity contribution in [3.63, 3.8) is 0 Å². The highest BCUT2D eigenvalue weighted by Gasteiger charge is 2.23. The van der Waals surface area contributed by atoms with Crippen LogP contribution in [0.4, 0.5) is 0 Å². The minimum atomic E-state index is -0.951. The van der Waals surface area contributed by atoms with Gasteiger partial charge in [0.05, 0.1) is 13.2 Å². The third-order valence-electron chi connectivity index (χ3n) is 3.57. The predicted octanol–water partition coefficient (Wildman–Crippen LogP) is 2.98. The van der Waals surface area contributed by atoms with Crippen molar-refractivity contribution in [1.29, 1.82) is 0 Å². The highest BCUT2D eigenvalue weighted by Crippen LogP contribution is 2.25. The zero-order chi connectivity index (χ0) is 18.0. The Morgan fingerprint density at radius 3 is 2.68 bits per heavy atom. The molecule has 1 aromatic heterocycles. The van der Waals surface area contributed by atoms with Gasteiger partial charge in [0.15, 0.2) is 5.96 Å². The van der Waals surface area contributed by atoms with Gasteiger partial charge in [0.25, 0.3) is 0 Å². The summed E-state index contributed by atoms with van der Waals surface area (Å²) in [6.45, 7) is 6.28. The zero-order valence-corrected chi connectivity index (χ0v) is 15.7. The number of hydrogen-bond donors (Lipinski definition) is 3. The fourth-order valence-corrected chi connectivity index (χ4v) is 3.00. The first-order valence-electron chi connectivity index (χ1n) is 8.58. The summed E-state index contributed by atoms with van der Waals surface area (Å²) in [6, 6.07) is 13.7. The quantitative estimate of drug-likeness (QED) is 0.365. The van der Waals surface area contributed by atoms with E-state index in [1.54, 1.807) is 18.3 Å². The Balaban J connectivity index is 1.75. The summed E-state index contributed by atoms with van der Waals surface area (Å²) in [4.78, 5) is 5.43. The van der Waals surface area contributed by atoms with E-state index in [0.29, 0.717) is 19.1 Å². The predicted molar refractivity (Wildman–Crippen MR) is 104 cm³/mol.